The van der Waals surface area contributed by atoms with Gasteiger partial charge in [0.2, 0.25) is 5.41 Å². The van der Waals surface area contributed by atoms with E-state index in [-0.39, 0.29) is 25.4 Å². The minimum absolute atomic E-state index is 0.0585. The first-order chi connectivity index (χ1) is 11.5. The summed E-state index contributed by atoms with van der Waals surface area (Å²) in [6, 6.07) is 3.29. The first kappa shape index (κ1) is 17.8. The molecule has 0 amide bonds. The van der Waals surface area contributed by atoms with Crippen LogP contribution >= 0.6 is 0 Å². The molecule has 0 aromatic carbocycles. The molecule has 0 N–H and O–H groups in total. The second kappa shape index (κ2) is 6.90. The van der Waals surface area contributed by atoms with Gasteiger partial charge in [-0.25, -0.2) is 4.79 Å². The molecular weight excluding hydrogens is 314 g/mol. The number of hydrogen-bond donors (Lipinski definition) is 0. The summed E-state index contributed by atoms with van der Waals surface area (Å²) in [5, 5.41) is 0. The molecule has 24 heavy (non-hydrogen) atoms. The van der Waals surface area contributed by atoms with Gasteiger partial charge in [-0.05, 0) is 39.8 Å². The Labute approximate surface area is 140 Å². The molecule has 0 fully saturated rings. The van der Waals surface area contributed by atoms with Crippen molar-refractivity contribution in [3.63, 3.8) is 0 Å². The van der Waals surface area contributed by atoms with Crippen LogP contribution in [0.2, 0.25) is 0 Å². The SMILES string of the molecule is CCOC(=O)C1=C(C)n2cccc2C1(C(=O)OCC)C(=O)OCC. The van der Waals surface area contributed by atoms with E-state index in [4.69, 9.17) is 14.2 Å². The number of fused-ring (bicyclic) bond motifs is 1. The lowest BCUT2D eigenvalue weighted by Gasteiger charge is -2.26. The zero-order valence-electron chi connectivity index (χ0n) is 14.3. The Balaban J connectivity index is 2.75. The lowest BCUT2D eigenvalue weighted by atomic mass is 9.78. The number of esters is 3. The van der Waals surface area contributed by atoms with Gasteiger partial charge < -0.3 is 18.8 Å². The highest BCUT2D eigenvalue weighted by Gasteiger charge is 2.62. The lowest BCUT2D eigenvalue weighted by Crippen LogP contribution is -2.48. The fourth-order valence-electron chi connectivity index (χ4n) is 2.98. The van der Waals surface area contributed by atoms with Crippen LogP contribution in [0.3, 0.4) is 0 Å². The Kier molecular flexibility index (Phi) is 5.11. The topological polar surface area (TPSA) is 83.8 Å². The fraction of sp³-hybridized carbons (Fsp3) is 0.471. The Hall–Kier alpha value is -2.57. The van der Waals surface area contributed by atoms with Gasteiger partial charge in [0.1, 0.15) is 0 Å². The summed E-state index contributed by atoms with van der Waals surface area (Å²) in [4.78, 5) is 38.2. The number of carbonyl (C=O) groups is 3. The van der Waals surface area contributed by atoms with Crippen molar-refractivity contribution >= 4 is 23.6 Å². The Morgan fingerprint density at radius 2 is 1.54 bits per heavy atom. The van der Waals surface area contributed by atoms with Gasteiger partial charge in [0.25, 0.3) is 0 Å². The summed E-state index contributed by atoms with van der Waals surface area (Å²) in [7, 11) is 0. The highest BCUT2D eigenvalue weighted by molar-refractivity contribution is 6.20. The minimum Gasteiger partial charge on any atom is -0.465 e. The van der Waals surface area contributed by atoms with E-state index in [2.05, 4.69) is 0 Å². The van der Waals surface area contributed by atoms with Crippen LogP contribution in [0.5, 0.6) is 0 Å². The van der Waals surface area contributed by atoms with Crippen LogP contribution in [-0.2, 0) is 34.0 Å². The van der Waals surface area contributed by atoms with Gasteiger partial charge in [0.15, 0.2) is 0 Å². The molecule has 0 saturated carbocycles. The summed E-state index contributed by atoms with van der Waals surface area (Å²) < 4.78 is 17.0. The van der Waals surface area contributed by atoms with Gasteiger partial charge in [-0.3, -0.25) is 9.59 Å². The van der Waals surface area contributed by atoms with Crippen LogP contribution in [0.25, 0.3) is 5.70 Å². The number of hydrogen-bond acceptors (Lipinski definition) is 6. The molecule has 0 bridgehead atoms. The number of carbonyl (C=O) groups excluding carboxylic acids is 3. The zero-order valence-corrected chi connectivity index (χ0v) is 14.3. The van der Waals surface area contributed by atoms with Gasteiger partial charge in [-0.2, -0.15) is 0 Å². The molecule has 0 radical (unpaired) electrons. The van der Waals surface area contributed by atoms with Gasteiger partial charge in [-0.1, -0.05) is 0 Å². The van der Waals surface area contributed by atoms with E-state index >= 15 is 0 Å². The van der Waals surface area contributed by atoms with Crippen molar-refractivity contribution in [1.82, 2.24) is 4.57 Å². The Morgan fingerprint density at radius 3 is 2.04 bits per heavy atom. The maximum Gasteiger partial charge on any atom is 0.337 e. The molecular formula is C17H21NO6. The van der Waals surface area contributed by atoms with Crippen LogP contribution in [0.1, 0.15) is 33.4 Å². The molecule has 7 heteroatoms. The van der Waals surface area contributed by atoms with Crippen LogP contribution in [0, 0.1) is 0 Å². The van der Waals surface area contributed by atoms with E-state index in [1.54, 1.807) is 50.6 Å². The van der Waals surface area contributed by atoms with Gasteiger partial charge in [0, 0.05) is 11.9 Å². The van der Waals surface area contributed by atoms with Crippen molar-refractivity contribution in [3.05, 3.63) is 29.6 Å². The van der Waals surface area contributed by atoms with Gasteiger partial charge in [-0.15, -0.1) is 0 Å². The Bertz CT molecular complexity index is 682. The molecule has 2 heterocycles. The van der Waals surface area contributed by atoms with Crippen molar-refractivity contribution in [2.45, 2.75) is 33.1 Å². The summed E-state index contributed by atoms with van der Waals surface area (Å²) >= 11 is 0. The van der Waals surface area contributed by atoms with Crippen molar-refractivity contribution in [3.8, 4) is 0 Å². The third-order valence-corrected chi connectivity index (χ3v) is 3.87. The molecule has 1 aliphatic heterocycles. The number of nitrogens with zero attached hydrogens (tertiary/aromatic N) is 1. The lowest BCUT2D eigenvalue weighted by molar-refractivity contribution is -0.164. The molecule has 0 unspecified atom stereocenters. The van der Waals surface area contributed by atoms with E-state index in [1.165, 1.54) is 0 Å². The molecule has 0 atom stereocenters. The van der Waals surface area contributed by atoms with Crippen LogP contribution < -0.4 is 0 Å². The zero-order chi connectivity index (χ0) is 17.9. The smallest absolute Gasteiger partial charge is 0.337 e. The third-order valence-electron chi connectivity index (χ3n) is 3.87. The van der Waals surface area contributed by atoms with Crippen LogP contribution in [-0.4, -0.2) is 42.3 Å². The van der Waals surface area contributed by atoms with E-state index in [0.29, 0.717) is 11.4 Å². The highest BCUT2D eigenvalue weighted by atomic mass is 16.6. The average molecular weight is 335 g/mol. The van der Waals surface area contributed by atoms with Crippen LogP contribution in [0.4, 0.5) is 0 Å². The quantitative estimate of drug-likeness (QED) is 0.447. The van der Waals surface area contributed by atoms with E-state index < -0.39 is 23.3 Å². The summed E-state index contributed by atoms with van der Waals surface area (Å²) in [6.45, 7) is 6.81. The number of aromatic nitrogens is 1. The van der Waals surface area contributed by atoms with Crippen molar-refractivity contribution in [2.75, 3.05) is 19.8 Å². The standard InChI is InChI=1S/C17H21NO6/c1-5-22-14(19)13-11(4)18-10-8-9-12(18)17(13,15(20)23-6-2)16(21)24-7-3/h8-10H,5-7H2,1-4H3. The summed E-state index contributed by atoms with van der Waals surface area (Å²) in [6.07, 6.45) is 1.67. The van der Waals surface area contributed by atoms with E-state index in [9.17, 15) is 14.4 Å². The highest BCUT2D eigenvalue weighted by Crippen LogP contribution is 2.45. The normalized spacial score (nSPS) is 15.0. The monoisotopic (exact) mass is 335 g/mol. The Morgan fingerprint density at radius 1 is 1.00 bits per heavy atom. The first-order valence-corrected chi connectivity index (χ1v) is 7.87. The fourth-order valence-corrected chi connectivity index (χ4v) is 2.98. The number of ether oxygens (including phenoxy) is 3. The van der Waals surface area contributed by atoms with Crippen LogP contribution in [0.15, 0.2) is 23.9 Å². The molecule has 7 nitrogen and oxygen atoms in total. The number of allylic oxidation sites excluding steroid dienone is 1. The molecule has 0 spiro atoms. The van der Waals surface area contributed by atoms with Gasteiger partial charge in [0.05, 0.1) is 31.1 Å². The van der Waals surface area contributed by atoms with E-state index in [1.807, 2.05) is 0 Å². The maximum absolute atomic E-state index is 12.8. The average Bonchev–Trinajstić information content (AvgIpc) is 3.09. The second-order valence-corrected chi connectivity index (χ2v) is 5.14. The van der Waals surface area contributed by atoms with Crippen molar-refractivity contribution in [1.29, 1.82) is 0 Å². The molecule has 1 aromatic rings. The molecule has 2 rings (SSSR count). The van der Waals surface area contributed by atoms with Gasteiger partial charge >= 0.3 is 17.9 Å². The van der Waals surface area contributed by atoms with Crippen molar-refractivity contribution in [2.24, 2.45) is 0 Å². The maximum atomic E-state index is 12.8. The van der Waals surface area contributed by atoms with E-state index in [0.717, 1.165) is 0 Å². The molecule has 0 saturated heterocycles. The predicted octanol–water partition coefficient (Wildman–Crippen LogP) is 1.66. The summed E-state index contributed by atoms with van der Waals surface area (Å²) in [5.41, 5.74) is -1.27. The molecule has 0 aliphatic carbocycles. The molecule has 1 aliphatic rings. The molecule has 130 valence electrons. The molecule has 1 aromatic heterocycles. The first-order valence-electron chi connectivity index (χ1n) is 7.87. The third kappa shape index (κ3) is 2.40. The minimum atomic E-state index is -1.97. The number of rotatable bonds is 6. The summed E-state index contributed by atoms with van der Waals surface area (Å²) in [5.74, 6) is -2.42. The van der Waals surface area contributed by atoms with Crippen molar-refractivity contribution < 1.29 is 28.6 Å². The second-order valence-electron chi connectivity index (χ2n) is 5.14. The predicted molar refractivity (Wildman–Crippen MR) is 84.9 cm³/mol. The largest absolute Gasteiger partial charge is 0.465 e.